The lowest BCUT2D eigenvalue weighted by Crippen LogP contribution is -1.29. The van der Waals surface area contributed by atoms with Crippen molar-refractivity contribution in [3.8, 4) is 0 Å². The van der Waals surface area contributed by atoms with Crippen molar-refractivity contribution in [1.82, 2.24) is 0 Å². The van der Waals surface area contributed by atoms with E-state index in [-0.39, 0.29) is 5.48 Å². The summed E-state index contributed by atoms with van der Waals surface area (Å²) in [6.45, 7) is 0. The second-order valence-electron chi connectivity index (χ2n) is 0.172. The molecule has 0 aromatic heterocycles. The third kappa shape index (κ3) is 774. The Labute approximate surface area is 50.5 Å². The first-order valence-electron chi connectivity index (χ1n) is 0.912. The highest BCUT2D eigenvalue weighted by atomic mass is 35.5. The van der Waals surface area contributed by atoms with Crippen molar-refractivity contribution in [2.75, 3.05) is 6.13 Å². The quantitative estimate of drug-likeness (QED) is 0.472. The van der Waals surface area contributed by atoms with E-state index in [1.807, 2.05) is 0 Å². The van der Waals surface area contributed by atoms with Gasteiger partial charge in [-0.05, 0) is 0 Å². The molecule has 2 N–H and O–H groups in total. The molecule has 0 aliphatic heterocycles. The minimum absolute atomic E-state index is 0. The molecule has 7 heavy (non-hydrogen) atoms. The van der Waals surface area contributed by atoms with Gasteiger partial charge in [0.1, 0.15) is 0 Å². The van der Waals surface area contributed by atoms with Gasteiger partial charge in [-0.1, -0.05) is 23.2 Å². The van der Waals surface area contributed by atoms with Gasteiger partial charge >= 0.3 is 0 Å². The standard InChI is InChI=1S/CH2ClF.CClF.H2O/c2*2-1-3;/h1H2;;1H2. The fraction of sp³-hybridized carbons (Fsp3) is 0.500. The summed E-state index contributed by atoms with van der Waals surface area (Å²) in [5.41, 5.74) is 0. The average molecular weight is 153 g/mol. The van der Waals surface area contributed by atoms with Gasteiger partial charge in [-0.3, -0.25) is 0 Å². The number of halogens is 4. The summed E-state index contributed by atoms with van der Waals surface area (Å²) in [5.74, 6) is 0. The predicted molar refractivity (Wildman–Crippen MR) is 25.6 cm³/mol. The SMILES string of the molecule is FCCl.F[C]Cl.O. The Morgan fingerprint density at radius 3 is 1.57 bits per heavy atom. The van der Waals surface area contributed by atoms with Gasteiger partial charge in [-0.2, -0.15) is 0 Å². The fourth-order valence-electron chi connectivity index (χ4n) is 0. The van der Waals surface area contributed by atoms with Crippen LogP contribution in [0.25, 0.3) is 0 Å². The lowest BCUT2D eigenvalue weighted by Gasteiger charge is -1.42. The Balaban J connectivity index is -0.0000000400. The molecular weight excluding hydrogens is 149 g/mol. The van der Waals surface area contributed by atoms with Gasteiger partial charge in [-0.25, -0.2) is 8.78 Å². The van der Waals surface area contributed by atoms with Crippen molar-refractivity contribution < 1.29 is 14.3 Å². The molecule has 46 valence electrons. The molecule has 0 atom stereocenters. The van der Waals surface area contributed by atoms with Crippen molar-refractivity contribution in [2.45, 2.75) is 0 Å². The zero-order valence-electron chi connectivity index (χ0n) is 3.22. The van der Waals surface area contributed by atoms with Gasteiger partial charge in [0.05, 0.1) is 0 Å². The minimum atomic E-state index is -0.778. The van der Waals surface area contributed by atoms with Crippen LogP contribution in [0.15, 0.2) is 0 Å². The van der Waals surface area contributed by atoms with Gasteiger partial charge in [-0.15, -0.1) is 0 Å². The van der Waals surface area contributed by atoms with Crippen molar-refractivity contribution >= 4 is 23.2 Å². The summed E-state index contributed by atoms with van der Waals surface area (Å²) in [6.07, 6.45) is -0.0556. The van der Waals surface area contributed by atoms with Crippen molar-refractivity contribution in [1.29, 1.82) is 0 Å². The largest absolute Gasteiger partial charge is 0.412 e. The highest BCUT2D eigenvalue weighted by molar-refractivity contribution is 6.21. The van der Waals surface area contributed by atoms with E-state index in [9.17, 15) is 8.78 Å². The van der Waals surface area contributed by atoms with E-state index in [2.05, 4.69) is 23.2 Å². The van der Waals surface area contributed by atoms with Crippen LogP contribution in [-0.2, 0) is 0 Å². The van der Waals surface area contributed by atoms with E-state index in [0.29, 0.717) is 0 Å². The lowest BCUT2D eigenvalue weighted by atomic mass is 11.8. The molecule has 0 spiro atoms. The molecule has 0 rings (SSSR count). The van der Waals surface area contributed by atoms with Crippen LogP contribution in [-0.4, -0.2) is 11.6 Å². The van der Waals surface area contributed by atoms with Crippen LogP contribution in [0.1, 0.15) is 0 Å². The molecule has 0 saturated carbocycles. The third-order valence-corrected chi connectivity index (χ3v) is 0. The molecule has 0 aromatic rings. The van der Waals surface area contributed by atoms with Crippen molar-refractivity contribution in [3.05, 3.63) is 6.13 Å². The maximum Gasteiger partial charge on any atom is 0.288 e. The van der Waals surface area contributed by atoms with Crippen LogP contribution < -0.4 is 0 Å². The number of alkyl halides is 2. The highest BCUT2D eigenvalue weighted by Gasteiger charge is 1.50. The van der Waals surface area contributed by atoms with Gasteiger partial charge in [0.25, 0.3) is 6.13 Å². The summed E-state index contributed by atoms with van der Waals surface area (Å²) < 4.78 is 19.9. The normalized spacial score (nSPS) is 5.14. The van der Waals surface area contributed by atoms with Gasteiger partial charge < -0.3 is 5.48 Å². The summed E-state index contributed by atoms with van der Waals surface area (Å²) >= 11 is 8.41. The summed E-state index contributed by atoms with van der Waals surface area (Å²) in [4.78, 5) is 0. The fourth-order valence-corrected chi connectivity index (χ4v) is 0. The number of hydrogen-bond donors (Lipinski definition) is 0. The molecule has 0 saturated heterocycles. The first-order chi connectivity index (χ1) is 2.83. The van der Waals surface area contributed by atoms with E-state index in [4.69, 9.17) is 0 Å². The molecule has 1 nitrogen and oxygen atoms in total. The Morgan fingerprint density at radius 1 is 1.57 bits per heavy atom. The molecule has 0 unspecified atom stereocenters. The molecule has 0 aliphatic carbocycles. The van der Waals surface area contributed by atoms with Crippen LogP contribution >= 0.6 is 23.2 Å². The highest BCUT2D eigenvalue weighted by Crippen LogP contribution is 1.76. The van der Waals surface area contributed by atoms with Crippen LogP contribution in [0.3, 0.4) is 0 Å². The molecule has 0 bridgehead atoms. The average Bonchev–Trinajstić information content (AvgIpc) is 1.39. The number of rotatable bonds is 0. The molecule has 0 heterocycles. The second-order valence-corrected chi connectivity index (χ2v) is 0.517. The molecule has 0 fully saturated rings. The topological polar surface area (TPSA) is 31.5 Å². The minimum Gasteiger partial charge on any atom is -0.412 e. The maximum atomic E-state index is 10.1. The monoisotopic (exact) mass is 152 g/mol. The smallest absolute Gasteiger partial charge is 0.288 e. The third-order valence-electron chi connectivity index (χ3n) is 0. The molecule has 0 aliphatic rings. The number of hydrogen-bond acceptors (Lipinski definition) is 0. The maximum absolute atomic E-state index is 10.1. The lowest BCUT2D eigenvalue weighted by molar-refractivity contribution is 0.599. The first kappa shape index (κ1) is 15.7. The molecule has 2 radical (unpaired) electrons. The van der Waals surface area contributed by atoms with E-state index < -0.39 is 6.13 Å². The van der Waals surface area contributed by atoms with Crippen LogP contribution in [0.2, 0.25) is 0 Å². The molecule has 5 heteroatoms. The summed E-state index contributed by atoms with van der Waals surface area (Å²) in [7, 11) is 0. The first-order valence-corrected chi connectivity index (χ1v) is 1.82. The van der Waals surface area contributed by atoms with Gasteiger partial charge in [0, 0.05) is 0 Å². The van der Waals surface area contributed by atoms with E-state index in [0.717, 1.165) is 6.13 Å². The van der Waals surface area contributed by atoms with Gasteiger partial charge in [0.15, 0.2) is 6.13 Å². The van der Waals surface area contributed by atoms with Crippen LogP contribution in [0.4, 0.5) is 8.78 Å². The Morgan fingerprint density at radius 2 is 1.57 bits per heavy atom. The van der Waals surface area contributed by atoms with Crippen molar-refractivity contribution in [2.24, 2.45) is 0 Å². The second kappa shape index (κ2) is 32.4. The van der Waals surface area contributed by atoms with Crippen LogP contribution in [0.5, 0.6) is 0 Å². The van der Waals surface area contributed by atoms with Gasteiger partial charge in [0.2, 0.25) is 0 Å². The van der Waals surface area contributed by atoms with E-state index in [1.54, 1.807) is 0 Å². The molecule has 0 aromatic carbocycles. The van der Waals surface area contributed by atoms with Crippen LogP contribution in [0, 0.1) is 6.13 Å². The Bertz CT molecular complexity index is 15.7. The Kier molecular flexibility index (Phi) is 72.5. The van der Waals surface area contributed by atoms with E-state index in [1.165, 1.54) is 0 Å². The predicted octanol–water partition coefficient (Wildman–Crippen LogP) is 1.52. The van der Waals surface area contributed by atoms with Crippen molar-refractivity contribution in [3.63, 3.8) is 0 Å². The summed E-state index contributed by atoms with van der Waals surface area (Å²) in [6, 6.07) is 0. The molecule has 0 amide bonds. The molecular formula is C2H4Cl2F2O. The zero-order chi connectivity index (χ0) is 5.41. The summed E-state index contributed by atoms with van der Waals surface area (Å²) in [5, 5.41) is 0. The Hall–Kier alpha value is 0.400. The zero-order valence-corrected chi connectivity index (χ0v) is 4.73. The van der Waals surface area contributed by atoms with E-state index >= 15 is 0 Å².